The minimum Gasteiger partial charge on any atom is -0.490 e. The largest absolute Gasteiger partial charge is 0.490 e. The van der Waals surface area contributed by atoms with E-state index in [-0.39, 0.29) is 25.1 Å². The molecule has 0 unspecified atom stereocenters. The van der Waals surface area contributed by atoms with Crippen molar-refractivity contribution in [1.82, 2.24) is 10.3 Å². The molecule has 0 bridgehead atoms. The molecule has 0 atom stereocenters. The zero-order valence-electron chi connectivity index (χ0n) is 13.4. The fourth-order valence-electron chi connectivity index (χ4n) is 3.22. The van der Waals surface area contributed by atoms with Gasteiger partial charge < -0.3 is 15.2 Å². The van der Waals surface area contributed by atoms with Crippen molar-refractivity contribution in [3.8, 4) is 11.8 Å². The Morgan fingerprint density at radius 1 is 1.25 bits per heavy atom. The molecule has 5 nitrogen and oxygen atoms in total. The fraction of sp³-hybridized carbons (Fsp3) is 0.444. The van der Waals surface area contributed by atoms with E-state index in [4.69, 9.17) is 9.84 Å². The van der Waals surface area contributed by atoms with E-state index in [1.165, 1.54) is 0 Å². The predicted octanol–water partition coefficient (Wildman–Crippen LogP) is 2.80. The van der Waals surface area contributed by atoms with Crippen molar-refractivity contribution in [3.05, 3.63) is 36.2 Å². The Morgan fingerprint density at radius 3 is 2.75 bits per heavy atom. The Bertz CT molecular complexity index is 704. The van der Waals surface area contributed by atoms with E-state index in [0.29, 0.717) is 18.2 Å². The van der Waals surface area contributed by atoms with Gasteiger partial charge in [0.2, 0.25) is 0 Å². The van der Waals surface area contributed by atoms with Gasteiger partial charge in [-0.15, -0.1) is 12.4 Å². The summed E-state index contributed by atoms with van der Waals surface area (Å²) in [5.74, 6) is 0.771. The lowest BCUT2D eigenvalue weighted by molar-refractivity contribution is 0.139. The lowest BCUT2D eigenvalue weighted by Gasteiger charge is -2.29. The number of rotatable bonds is 5. The minimum atomic E-state index is 0. The predicted molar refractivity (Wildman–Crippen MR) is 95.5 cm³/mol. The van der Waals surface area contributed by atoms with Crippen LogP contribution in [0.25, 0.3) is 10.8 Å². The number of hydrogen-bond donors (Lipinski definition) is 2. The molecule has 1 fully saturated rings. The van der Waals surface area contributed by atoms with Crippen LogP contribution < -0.4 is 10.1 Å². The van der Waals surface area contributed by atoms with Crippen LogP contribution in [0.3, 0.4) is 0 Å². The van der Waals surface area contributed by atoms with E-state index in [1.807, 2.05) is 18.2 Å². The van der Waals surface area contributed by atoms with Crippen LogP contribution in [0.4, 0.5) is 0 Å². The van der Waals surface area contributed by atoms with E-state index in [9.17, 15) is 5.26 Å². The van der Waals surface area contributed by atoms with E-state index in [1.54, 1.807) is 12.4 Å². The minimum absolute atomic E-state index is 0. The quantitative estimate of drug-likeness (QED) is 0.869. The number of nitriles is 1. The van der Waals surface area contributed by atoms with Crippen molar-refractivity contribution in [3.63, 3.8) is 0 Å². The van der Waals surface area contributed by atoms with Gasteiger partial charge >= 0.3 is 0 Å². The molecule has 1 aromatic heterocycles. The molecule has 0 radical (unpaired) electrons. The zero-order chi connectivity index (χ0) is 16.1. The highest BCUT2D eigenvalue weighted by Crippen LogP contribution is 2.31. The van der Waals surface area contributed by atoms with Crippen LogP contribution >= 0.6 is 12.4 Å². The van der Waals surface area contributed by atoms with Gasteiger partial charge in [0.25, 0.3) is 0 Å². The molecule has 6 heteroatoms. The zero-order valence-corrected chi connectivity index (χ0v) is 14.3. The number of nitrogens with one attached hydrogen (secondary N) is 1. The first kappa shape index (κ1) is 18.5. The van der Waals surface area contributed by atoms with Crippen LogP contribution in [0, 0.1) is 11.3 Å². The number of pyridine rings is 1. The molecule has 1 aromatic carbocycles. The van der Waals surface area contributed by atoms with Crippen molar-refractivity contribution in [2.45, 2.75) is 37.8 Å². The summed E-state index contributed by atoms with van der Waals surface area (Å²) in [4.78, 5) is 4.10. The Morgan fingerprint density at radius 2 is 2.04 bits per heavy atom. The summed E-state index contributed by atoms with van der Waals surface area (Å²) in [7, 11) is 0. The molecule has 3 rings (SSSR count). The molecule has 0 saturated heterocycles. The maximum absolute atomic E-state index is 9.31. The third-order valence-corrected chi connectivity index (χ3v) is 4.38. The number of aromatic nitrogens is 1. The van der Waals surface area contributed by atoms with Crippen molar-refractivity contribution in [1.29, 1.82) is 5.26 Å². The van der Waals surface area contributed by atoms with Crippen molar-refractivity contribution in [2.24, 2.45) is 0 Å². The number of ether oxygens (including phenoxy) is 1. The standard InChI is InChI=1S/C18H21N3O2.ClH/c19-10-14-12-20-11-13-2-1-3-17(18(13)14)23-16-6-4-15(5-7-16)21-8-9-22;/h1-3,11-12,15-16,21-22H,4-9H2;1H/t15-,16-;. The van der Waals surface area contributed by atoms with E-state index in [2.05, 4.69) is 16.4 Å². The molecule has 2 aromatic rings. The molecule has 1 aliphatic carbocycles. The summed E-state index contributed by atoms with van der Waals surface area (Å²) in [6.07, 6.45) is 7.57. The highest BCUT2D eigenvalue weighted by molar-refractivity contribution is 5.92. The molecule has 1 saturated carbocycles. The second kappa shape index (κ2) is 8.84. The summed E-state index contributed by atoms with van der Waals surface area (Å²) in [5, 5.41) is 23.3. The average molecular weight is 348 g/mol. The first-order valence-electron chi connectivity index (χ1n) is 8.09. The monoisotopic (exact) mass is 347 g/mol. The molecule has 24 heavy (non-hydrogen) atoms. The number of benzene rings is 1. The van der Waals surface area contributed by atoms with Gasteiger partial charge in [-0.1, -0.05) is 12.1 Å². The highest BCUT2D eigenvalue weighted by Gasteiger charge is 2.22. The van der Waals surface area contributed by atoms with Crippen LogP contribution in [0.5, 0.6) is 5.75 Å². The number of aliphatic hydroxyl groups excluding tert-OH is 1. The van der Waals surface area contributed by atoms with Crippen molar-refractivity contribution >= 4 is 23.2 Å². The number of halogens is 1. The van der Waals surface area contributed by atoms with E-state index < -0.39 is 0 Å². The van der Waals surface area contributed by atoms with Gasteiger partial charge in [0.1, 0.15) is 11.8 Å². The third-order valence-electron chi connectivity index (χ3n) is 4.38. The molecule has 0 aliphatic heterocycles. The number of aliphatic hydroxyl groups is 1. The molecule has 1 heterocycles. The summed E-state index contributed by atoms with van der Waals surface area (Å²) in [5.41, 5.74) is 0.552. The van der Waals surface area contributed by atoms with Crippen LogP contribution in [-0.4, -0.2) is 35.4 Å². The van der Waals surface area contributed by atoms with E-state index >= 15 is 0 Å². The first-order chi connectivity index (χ1) is 11.3. The van der Waals surface area contributed by atoms with Gasteiger partial charge in [0, 0.05) is 35.8 Å². The smallest absolute Gasteiger partial charge is 0.128 e. The van der Waals surface area contributed by atoms with Crippen molar-refractivity contribution < 1.29 is 9.84 Å². The van der Waals surface area contributed by atoms with Gasteiger partial charge in [0.15, 0.2) is 0 Å². The summed E-state index contributed by atoms with van der Waals surface area (Å²) in [6, 6.07) is 8.49. The van der Waals surface area contributed by atoms with Crippen LogP contribution in [0.1, 0.15) is 31.2 Å². The number of hydrogen-bond acceptors (Lipinski definition) is 5. The second-order valence-electron chi connectivity index (χ2n) is 5.92. The van der Waals surface area contributed by atoms with Crippen LogP contribution in [-0.2, 0) is 0 Å². The molecular weight excluding hydrogens is 326 g/mol. The van der Waals surface area contributed by atoms with Crippen molar-refractivity contribution in [2.75, 3.05) is 13.2 Å². The van der Waals surface area contributed by atoms with Gasteiger partial charge in [-0.25, -0.2) is 0 Å². The average Bonchev–Trinajstić information content (AvgIpc) is 2.61. The molecule has 128 valence electrons. The SMILES string of the molecule is Cl.N#Cc1cncc2cccc(O[C@H]3CC[C@H](NCCO)CC3)c12. The lowest BCUT2D eigenvalue weighted by atomic mass is 9.93. The third kappa shape index (κ3) is 4.15. The van der Waals surface area contributed by atoms with Crippen LogP contribution in [0.15, 0.2) is 30.6 Å². The highest BCUT2D eigenvalue weighted by atomic mass is 35.5. The normalized spacial score (nSPS) is 20.2. The van der Waals surface area contributed by atoms with Gasteiger partial charge in [-0.2, -0.15) is 5.26 Å². The molecule has 1 aliphatic rings. The second-order valence-corrected chi connectivity index (χ2v) is 5.92. The summed E-state index contributed by atoms with van der Waals surface area (Å²) >= 11 is 0. The number of fused-ring (bicyclic) bond motifs is 1. The Labute approximate surface area is 148 Å². The fourth-order valence-corrected chi connectivity index (χ4v) is 3.22. The Hall–Kier alpha value is -1.87. The molecule has 2 N–H and O–H groups in total. The first-order valence-corrected chi connectivity index (χ1v) is 8.09. The van der Waals surface area contributed by atoms with E-state index in [0.717, 1.165) is 42.2 Å². The van der Waals surface area contributed by atoms with Crippen LogP contribution in [0.2, 0.25) is 0 Å². The van der Waals surface area contributed by atoms with Gasteiger partial charge in [-0.05, 0) is 31.7 Å². The molecular formula is C18H22ClN3O2. The topological polar surface area (TPSA) is 78.2 Å². The Balaban J connectivity index is 0.00000208. The van der Waals surface area contributed by atoms with Gasteiger partial charge in [-0.3, -0.25) is 4.98 Å². The molecule has 0 amide bonds. The lowest BCUT2D eigenvalue weighted by Crippen LogP contribution is -2.37. The van der Waals surface area contributed by atoms with Gasteiger partial charge in [0.05, 0.1) is 18.3 Å². The molecule has 0 spiro atoms. The summed E-state index contributed by atoms with van der Waals surface area (Å²) in [6.45, 7) is 0.829. The number of nitrogens with zero attached hydrogens (tertiary/aromatic N) is 2. The Kier molecular flexibility index (Phi) is 6.80. The maximum Gasteiger partial charge on any atom is 0.128 e. The maximum atomic E-state index is 9.31. The summed E-state index contributed by atoms with van der Waals surface area (Å²) < 4.78 is 6.21.